The van der Waals surface area contributed by atoms with Crippen molar-refractivity contribution >= 4 is 35.8 Å². The smallest absolute Gasteiger partial charge is 0.405 e. The number of nitrogens with zero attached hydrogens (tertiary/aromatic N) is 2. The minimum atomic E-state index is -4.74. The van der Waals surface area contributed by atoms with Crippen molar-refractivity contribution in [2.45, 2.75) is 51.9 Å². The lowest BCUT2D eigenvalue weighted by Gasteiger charge is -2.20. The molecule has 2 rings (SSSR count). The van der Waals surface area contributed by atoms with E-state index in [0.717, 1.165) is 32.2 Å². The van der Waals surface area contributed by atoms with Crippen molar-refractivity contribution in [3.63, 3.8) is 0 Å². The monoisotopic (exact) mass is 542 g/mol. The van der Waals surface area contributed by atoms with E-state index in [1.54, 1.807) is 12.1 Å². The lowest BCUT2D eigenvalue weighted by Crippen LogP contribution is -2.39. The van der Waals surface area contributed by atoms with Crippen molar-refractivity contribution in [2.75, 3.05) is 26.2 Å². The molecule has 2 N–H and O–H groups in total. The Bertz CT molecular complexity index is 686. The van der Waals surface area contributed by atoms with Crippen molar-refractivity contribution in [2.24, 2.45) is 4.99 Å². The number of para-hydroxylation sites is 1. The van der Waals surface area contributed by atoms with E-state index in [0.29, 0.717) is 37.6 Å². The van der Waals surface area contributed by atoms with Crippen molar-refractivity contribution in [3.05, 3.63) is 29.8 Å². The number of ether oxygens (including phenoxy) is 1. The van der Waals surface area contributed by atoms with E-state index in [1.165, 1.54) is 12.1 Å². The van der Waals surface area contributed by atoms with Crippen LogP contribution in [0.4, 0.5) is 13.2 Å². The summed E-state index contributed by atoms with van der Waals surface area (Å²) in [5.74, 6) is 0.472. The summed E-state index contributed by atoms with van der Waals surface area (Å²) in [6.45, 7) is 4.68. The lowest BCUT2D eigenvalue weighted by atomic mass is 10.2. The molecular weight excluding hydrogens is 512 g/mol. The van der Waals surface area contributed by atoms with E-state index in [9.17, 15) is 18.0 Å². The van der Waals surface area contributed by atoms with Crippen molar-refractivity contribution in [1.82, 2.24) is 15.5 Å². The number of alkyl halides is 3. The number of likely N-dealkylation sites (tertiary alicyclic amines) is 1. The highest BCUT2D eigenvalue weighted by atomic mass is 127. The molecule has 1 aromatic carbocycles. The maximum Gasteiger partial charge on any atom is 0.573 e. The van der Waals surface area contributed by atoms with Crippen LogP contribution >= 0.6 is 24.0 Å². The third-order valence-corrected chi connectivity index (χ3v) is 4.52. The predicted octanol–water partition coefficient (Wildman–Crippen LogP) is 4.05. The topological polar surface area (TPSA) is 66.0 Å². The summed E-state index contributed by atoms with van der Waals surface area (Å²) in [7, 11) is 0. The second-order valence-corrected chi connectivity index (χ2v) is 6.82. The summed E-state index contributed by atoms with van der Waals surface area (Å²) < 4.78 is 41.7. The zero-order valence-electron chi connectivity index (χ0n) is 17.1. The van der Waals surface area contributed by atoms with E-state index in [4.69, 9.17) is 0 Å². The van der Waals surface area contributed by atoms with Gasteiger partial charge in [-0.2, -0.15) is 0 Å². The number of carbonyl (C=O) groups is 1. The Morgan fingerprint density at radius 3 is 2.70 bits per heavy atom. The van der Waals surface area contributed by atoms with Crippen molar-refractivity contribution < 1.29 is 22.7 Å². The maximum atomic E-state index is 12.5. The Kier molecular flexibility index (Phi) is 11.9. The number of hydrogen-bond acceptors (Lipinski definition) is 3. The molecule has 6 nitrogen and oxygen atoms in total. The fraction of sp³-hybridized carbons (Fsp3) is 0.600. The average Bonchev–Trinajstić information content (AvgIpc) is 2.87. The van der Waals surface area contributed by atoms with Crippen LogP contribution in [0.3, 0.4) is 0 Å². The number of benzene rings is 1. The second kappa shape index (κ2) is 13.6. The van der Waals surface area contributed by atoms with E-state index < -0.39 is 6.36 Å². The van der Waals surface area contributed by atoms with Gasteiger partial charge in [-0.25, -0.2) is 4.99 Å². The first-order chi connectivity index (χ1) is 13.9. The molecule has 10 heteroatoms. The number of aliphatic imine (C=N–C) groups is 1. The van der Waals surface area contributed by atoms with Gasteiger partial charge >= 0.3 is 6.36 Å². The van der Waals surface area contributed by atoms with Crippen LogP contribution in [0.5, 0.6) is 5.75 Å². The Hall–Kier alpha value is -1.72. The molecule has 0 aliphatic carbocycles. The average molecular weight is 542 g/mol. The van der Waals surface area contributed by atoms with Gasteiger partial charge in [-0.1, -0.05) is 24.6 Å². The fourth-order valence-corrected chi connectivity index (χ4v) is 3.12. The number of halogens is 4. The van der Waals surface area contributed by atoms with E-state index in [1.807, 2.05) is 11.8 Å². The molecule has 0 saturated carbocycles. The van der Waals surface area contributed by atoms with Crippen molar-refractivity contribution in [1.29, 1.82) is 0 Å². The van der Waals surface area contributed by atoms with Crippen LogP contribution in [-0.4, -0.2) is 49.3 Å². The van der Waals surface area contributed by atoms with Crippen LogP contribution < -0.4 is 15.4 Å². The van der Waals surface area contributed by atoms with Crippen LogP contribution in [0, 0.1) is 0 Å². The lowest BCUT2D eigenvalue weighted by molar-refractivity contribution is -0.274. The summed E-state index contributed by atoms with van der Waals surface area (Å²) in [5.41, 5.74) is 0.345. The molecule has 0 atom stereocenters. The molecular formula is C20H30F3IN4O2. The van der Waals surface area contributed by atoms with Gasteiger partial charge in [-0.15, -0.1) is 37.1 Å². The van der Waals surface area contributed by atoms with Crippen LogP contribution in [0.25, 0.3) is 0 Å². The molecule has 1 heterocycles. The van der Waals surface area contributed by atoms with E-state index >= 15 is 0 Å². The Labute approximate surface area is 192 Å². The van der Waals surface area contributed by atoms with Crippen LogP contribution in [-0.2, 0) is 11.3 Å². The number of amides is 1. The minimum absolute atomic E-state index is 0. The number of hydrogen-bond donors (Lipinski definition) is 2. The summed E-state index contributed by atoms with van der Waals surface area (Å²) in [6, 6.07) is 5.96. The third kappa shape index (κ3) is 9.86. The molecule has 0 spiro atoms. The second-order valence-electron chi connectivity index (χ2n) is 6.82. The van der Waals surface area contributed by atoms with Gasteiger partial charge in [0.25, 0.3) is 0 Å². The molecule has 0 bridgehead atoms. The standard InChI is InChI=1S/C20H29F3N4O2.HI/c1-2-24-19(25-12-8-14-27-13-7-3-4-11-18(27)28)26-15-16-9-5-6-10-17(16)29-20(21,22)23;/h5-6,9-10H,2-4,7-8,11-15H2,1H3,(H2,24,25,26);1H. The van der Waals surface area contributed by atoms with Gasteiger partial charge in [0.1, 0.15) is 5.75 Å². The highest BCUT2D eigenvalue weighted by Gasteiger charge is 2.31. The minimum Gasteiger partial charge on any atom is -0.405 e. The fourth-order valence-electron chi connectivity index (χ4n) is 3.12. The van der Waals surface area contributed by atoms with Gasteiger partial charge in [-0.3, -0.25) is 4.79 Å². The molecule has 1 amide bonds. The molecule has 0 radical (unpaired) electrons. The Morgan fingerprint density at radius 1 is 1.20 bits per heavy atom. The van der Waals surface area contributed by atoms with Crippen LogP contribution in [0.2, 0.25) is 0 Å². The van der Waals surface area contributed by atoms with E-state index in [2.05, 4.69) is 20.4 Å². The first-order valence-electron chi connectivity index (χ1n) is 10.0. The molecule has 1 saturated heterocycles. The van der Waals surface area contributed by atoms with Gasteiger partial charge < -0.3 is 20.3 Å². The summed E-state index contributed by atoms with van der Waals surface area (Å²) in [5, 5.41) is 6.24. The Balaban J connectivity index is 0.00000450. The van der Waals surface area contributed by atoms with Gasteiger partial charge in [0.15, 0.2) is 5.96 Å². The first-order valence-corrected chi connectivity index (χ1v) is 10.0. The third-order valence-electron chi connectivity index (χ3n) is 4.52. The highest BCUT2D eigenvalue weighted by Crippen LogP contribution is 2.26. The summed E-state index contributed by atoms with van der Waals surface area (Å²) in [4.78, 5) is 18.3. The Morgan fingerprint density at radius 2 is 1.97 bits per heavy atom. The van der Waals surface area contributed by atoms with Gasteiger partial charge in [0.05, 0.1) is 6.54 Å². The molecule has 30 heavy (non-hydrogen) atoms. The summed E-state index contributed by atoms with van der Waals surface area (Å²) in [6.07, 6.45) is -0.252. The number of carbonyl (C=O) groups excluding carboxylic acids is 1. The van der Waals surface area contributed by atoms with E-state index in [-0.39, 0.29) is 42.2 Å². The molecule has 1 fully saturated rings. The SMILES string of the molecule is CCNC(=NCc1ccccc1OC(F)(F)F)NCCCN1CCCCCC1=O.I. The molecule has 1 aliphatic heterocycles. The quantitative estimate of drug-likeness (QED) is 0.225. The largest absolute Gasteiger partial charge is 0.573 e. The zero-order valence-corrected chi connectivity index (χ0v) is 19.5. The molecule has 170 valence electrons. The number of guanidine groups is 1. The normalized spacial score (nSPS) is 15.3. The van der Waals surface area contributed by atoms with Crippen molar-refractivity contribution in [3.8, 4) is 5.75 Å². The predicted molar refractivity (Wildman–Crippen MR) is 121 cm³/mol. The summed E-state index contributed by atoms with van der Waals surface area (Å²) >= 11 is 0. The molecule has 0 unspecified atom stereocenters. The highest BCUT2D eigenvalue weighted by molar-refractivity contribution is 14.0. The zero-order chi connectivity index (χ0) is 21.1. The number of nitrogens with one attached hydrogen (secondary N) is 2. The maximum absolute atomic E-state index is 12.5. The molecule has 1 aliphatic rings. The van der Waals surface area contributed by atoms with Gasteiger partial charge in [0, 0.05) is 38.2 Å². The van der Waals surface area contributed by atoms with Crippen LogP contribution in [0.15, 0.2) is 29.3 Å². The molecule has 1 aromatic rings. The molecule has 0 aromatic heterocycles. The van der Waals surface area contributed by atoms with Crippen LogP contribution in [0.1, 0.15) is 44.6 Å². The number of rotatable bonds is 8. The van der Waals surface area contributed by atoms with Gasteiger partial charge in [-0.05, 0) is 32.3 Å². The first kappa shape index (κ1) is 26.3. The van der Waals surface area contributed by atoms with Gasteiger partial charge in [0.2, 0.25) is 5.91 Å².